The number of amides is 3. The number of halogens is 1. The molecule has 3 saturated heterocycles. The molecule has 0 saturated carbocycles. The van der Waals surface area contributed by atoms with E-state index >= 15 is 9.59 Å². The highest BCUT2D eigenvalue weighted by atomic mass is 79.9. The topological polar surface area (TPSA) is 125 Å². The van der Waals surface area contributed by atoms with Crippen LogP contribution in [0.3, 0.4) is 0 Å². The summed E-state index contributed by atoms with van der Waals surface area (Å²) < 4.78 is 13.0. The van der Waals surface area contributed by atoms with E-state index in [0.29, 0.717) is 17.7 Å². The molecule has 0 radical (unpaired) electrons. The molecular weight excluding hydrogens is 750 g/mol. The van der Waals surface area contributed by atoms with Crippen molar-refractivity contribution < 1.29 is 33.8 Å². The summed E-state index contributed by atoms with van der Waals surface area (Å²) in [7, 11) is 0. The molecule has 3 aliphatic heterocycles. The summed E-state index contributed by atoms with van der Waals surface area (Å²) in [4.78, 5) is 60.3. The van der Waals surface area contributed by atoms with Gasteiger partial charge < -0.3 is 29.7 Å². The minimum atomic E-state index is -1.40. The lowest BCUT2D eigenvalue weighted by Crippen LogP contribution is -2.59. The lowest BCUT2D eigenvalue weighted by molar-refractivity contribution is -0.160. The largest absolute Gasteiger partial charge is 0.455 e. The number of ether oxygens (including phenoxy) is 2. The Bertz CT molecular complexity index is 1850. The molecule has 3 amide bonds. The summed E-state index contributed by atoms with van der Waals surface area (Å²) in [5, 5.41) is 13.8. The van der Waals surface area contributed by atoms with Crippen LogP contribution in [-0.4, -0.2) is 82.0 Å². The van der Waals surface area contributed by atoms with Crippen LogP contribution in [0.15, 0.2) is 104 Å². The van der Waals surface area contributed by atoms with Crippen LogP contribution in [0, 0.1) is 25.7 Å². The summed E-state index contributed by atoms with van der Waals surface area (Å²) in [6, 6.07) is 22.4. The number of esters is 1. The van der Waals surface area contributed by atoms with Gasteiger partial charge in [-0.15, -0.1) is 13.2 Å². The van der Waals surface area contributed by atoms with Crippen molar-refractivity contribution >= 4 is 45.3 Å². The van der Waals surface area contributed by atoms with E-state index in [9.17, 15) is 14.7 Å². The van der Waals surface area contributed by atoms with E-state index in [2.05, 4.69) is 34.4 Å². The van der Waals surface area contributed by atoms with E-state index in [-0.39, 0.29) is 49.0 Å². The summed E-state index contributed by atoms with van der Waals surface area (Å²) in [5.41, 5.74) is 2.60. The Labute approximate surface area is 325 Å². The Morgan fingerprint density at radius 2 is 1.70 bits per heavy atom. The zero-order valence-corrected chi connectivity index (χ0v) is 32.3. The first-order chi connectivity index (χ1) is 26.1. The van der Waals surface area contributed by atoms with Gasteiger partial charge in [0.1, 0.15) is 17.7 Å². The number of fused-ring (bicyclic) bond motifs is 1. The fraction of sp³-hybridized carbons (Fsp3) is 0.395. The smallest absolute Gasteiger partial charge is 0.313 e. The van der Waals surface area contributed by atoms with Crippen LogP contribution in [0.5, 0.6) is 0 Å². The van der Waals surface area contributed by atoms with Crippen molar-refractivity contribution in [2.24, 2.45) is 11.8 Å². The number of nitrogens with zero attached hydrogens (tertiary/aromatic N) is 2. The van der Waals surface area contributed by atoms with Crippen LogP contribution >= 0.6 is 15.9 Å². The van der Waals surface area contributed by atoms with E-state index in [1.807, 2.05) is 92.7 Å². The molecule has 11 heteroatoms. The van der Waals surface area contributed by atoms with Crippen LogP contribution in [0.4, 0.5) is 5.69 Å². The molecule has 8 atom stereocenters. The molecule has 10 nitrogen and oxygen atoms in total. The molecule has 3 aromatic rings. The molecule has 2 N–H and O–H groups in total. The Morgan fingerprint density at radius 1 is 1.04 bits per heavy atom. The maximum absolute atomic E-state index is 15.3. The first-order valence-electron chi connectivity index (χ1n) is 18.5. The highest BCUT2D eigenvalue weighted by Crippen LogP contribution is 2.61. The summed E-state index contributed by atoms with van der Waals surface area (Å²) >= 11 is 3.76. The van der Waals surface area contributed by atoms with Crippen molar-refractivity contribution in [2.45, 2.75) is 74.3 Å². The quantitative estimate of drug-likeness (QED) is 0.111. The molecule has 0 aromatic heterocycles. The molecular formula is C43H48BrN3O7. The number of carbonyl (C=O) groups is 4. The van der Waals surface area contributed by atoms with Gasteiger partial charge in [0.15, 0.2) is 0 Å². The van der Waals surface area contributed by atoms with Gasteiger partial charge in [0, 0.05) is 23.5 Å². The predicted octanol–water partition coefficient (Wildman–Crippen LogP) is 5.54. The van der Waals surface area contributed by atoms with E-state index < -0.39 is 60.2 Å². The number of allylic oxidation sites excluding steroid dienone is 1. The zero-order chi connectivity index (χ0) is 38.6. The number of hydrogen-bond acceptors (Lipinski definition) is 7. The number of aliphatic hydroxyl groups is 1. The Hall–Kier alpha value is -4.58. The standard InChI is InChI=1S/C43H48BrN3O7/c1-5-7-21-34(49)45-25-33(30-19-12-9-13-20-30)53-42(52)35-36-40(50)47(31(26-48)23-29-17-10-8-11-18-29)39(43(36)24-32(44)38(35)54-43)41(51)46(22-6-2)37-27(3)15-14-16-28(37)4/h5-6,8-20,31-33,35-36,38-39,48H,1-2,7,21-26H2,3-4H3,(H,45,49)/t31-,32?,33-,35+,36-,38+,39+,43-/m1/s1. The summed E-state index contributed by atoms with van der Waals surface area (Å²) in [6.07, 6.45) is 3.00. The lowest BCUT2D eigenvalue weighted by atomic mass is 9.70. The Kier molecular flexibility index (Phi) is 12.2. The van der Waals surface area contributed by atoms with Crippen molar-refractivity contribution in [1.29, 1.82) is 0 Å². The molecule has 6 rings (SSSR count). The van der Waals surface area contributed by atoms with Crippen molar-refractivity contribution in [2.75, 3.05) is 24.6 Å². The minimum absolute atomic E-state index is 0.0225. The number of anilines is 1. The van der Waals surface area contributed by atoms with Gasteiger partial charge in [0.25, 0.3) is 5.91 Å². The van der Waals surface area contributed by atoms with Crippen molar-refractivity contribution in [3.05, 3.63) is 126 Å². The highest BCUT2D eigenvalue weighted by Gasteiger charge is 2.77. The average Bonchev–Trinajstić information content (AvgIpc) is 3.77. The molecule has 3 heterocycles. The van der Waals surface area contributed by atoms with Gasteiger partial charge in [-0.2, -0.15) is 0 Å². The lowest BCUT2D eigenvalue weighted by Gasteiger charge is -2.40. The average molecular weight is 799 g/mol. The number of likely N-dealkylation sites (tertiary alicyclic amines) is 1. The van der Waals surface area contributed by atoms with Gasteiger partial charge in [0.05, 0.1) is 37.1 Å². The second-order valence-corrected chi connectivity index (χ2v) is 15.6. The third-order valence-electron chi connectivity index (χ3n) is 10.9. The van der Waals surface area contributed by atoms with Crippen LogP contribution in [0.1, 0.15) is 47.6 Å². The number of nitrogens with one attached hydrogen (secondary N) is 1. The molecule has 284 valence electrons. The van der Waals surface area contributed by atoms with E-state index in [1.165, 1.54) is 4.90 Å². The predicted molar refractivity (Wildman–Crippen MR) is 210 cm³/mol. The van der Waals surface area contributed by atoms with Crippen molar-refractivity contribution in [3.63, 3.8) is 0 Å². The van der Waals surface area contributed by atoms with Gasteiger partial charge in [-0.1, -0.05) is 107 Å². The number of benzene rings is 3. The highest BCUT2D eigenvalue weighted by molar-refractivity contribution is 9.09. The summed E-state index contributed by atoms with van der Waals surface area (Å²) in [5.74, 6) is -3.82. The maximum Gasteiger partial charge on any atom is 0.313 e. The molecule has 3 aliphatic rings. The molecule has 3 fully saturated rings. The van der Waals surface area contributed by atoms with Crippen LogP contribution in [0.25, 0.3) is 0 Å². The first-order valence-corrected chi connectivity index (χ1v) is 19.4. The van der Waals surface area contributed by atoms with Crippen molar-refractivity contribution in [1.82, 2.24) is 10.2 Å². The first kappa shape index (κ1) is 39.1. The second-order valence-electron chi connectivity index (χ2n) is 14.4. The van der Waals surface area contributed by atoms with E-state index in [4.69, 9.17) is 9.47 Å². The molecule has 2 bridgehead atoms. The Balaban J connectivity index is 1.40. The zero-order valence-electron chi connectivity index (χ0n) is 30.7. The van der Waals surface area contributed by atoms with Gasteiger partial charge in [-0.3, -0.25) is 19.2 Å². The fourth-order valence-electron chi connectivity index (χ4n) is 8.59. The number of aryl methyl sites for hydroxylation is 2. The monoisotopic (exact) mass is 797 g/mol. The van der Waals surface area contributed by atoms with Gasteiger partial charge >= 0.3 is 5.97 Å². The number of rotatable bonds is 16. The number of hydrogen-bond donors (Lipinski definition) is 2. The third-order valence-corrected chi connectivity index (χ3v) is 11.8. The Morgan fingerprint density at radius 3 is 2.33 bits per heavy atom. The fourth-order valence-corrected chi connectivity index (χ4v) is 9.53. The molecule has 0 aliphatic carbocycles. The third kappa shape index (κ3) is 7.41. The number of alkyl halides is 1. The number of para-hydroxylation sites is 1. The van der Waals surface area contributed by atoms with Crippen LogP contribution < -0.4 is 10.2 Å². The van der Waals surface area contributed by atoms with Gasteiger partial charge in [-0.05, 0) is 55.4 Å². The van der Waals surface area contributed by atoms with E-state index in [1.54, 1.807) is 17.1 Å². The molecule has 54 heavy (non-hydrogen) atoms. The SMILES string of the molecule is C=CCCC(=O)NC[C@@H](OC(=O)[C@@H]1[C@H]2O[C@@]3(CC2Br)[C@H](C(=O)N(CC=C)c2c(C)cccc2C)N([C@@H](CO)Cc2ccccc2)C(=O)[C@@H]13)c1ccccc1. The maximum atomic E-state index is 15.3. The van der Waals surface area contributed by atoms with Gasteiger partial charge in [-0.25, -0.2) is 0 Å². The minimum Gasteiger partial charge on any atom is -0.455 e. The molecule has 3 aromatic carbocycles. The van der Waals surface area contributed by atoms with Crippen molar-refractivity contribution in [3.8, 4) is 0 Å². The number of carbonyl (C=O) groups excluding carboxylic acids is 4. The van der Waals surface area contributed by atoms with E-state index in [0.717, 1.165) is 16.7 Å². The van der Waals surface area contributed by atoms with Gasteiger partial charge in [0.2, 0.25) is 11.8 Å². The molecule has 1 unspecified atom stereocenters. The number of aliphatic hydroxyl groups excluding tert-OH is 1. The summed E-state index contributed by atoms with van der Waals surface area (Å²) in [6.45, 7) is 11.2. The van der Waals surface area contributed by atoms with Crippen LogP contribution in [-0.2, 0) is 35.1 Å². The molecule has 1 spiro atoms. The van der Waals surface area contributed by atoms with Crippen LogP contribution in [0.2, 0.25) is 0 Å². The normalized spacial score (nSPS) is 25.1. The second kappa shape index (κ2) is 16.8.